The number of nitrogens with zero attached hydrogens (tertiary/aromatic N) is 4. The van der Waals surface area contributed by atoms with Gasteiger partial charge in [0.2, 0.25) is 11.8 Å². The second-order valence-electron chi connectivity index (χ2n) is 6.40. The second-order valence-corrected chi connectivity index (χ2v) is 8.36. The van der Waals surface area contributed by atoms with Gasteiger partial charge in [-0.15, -0.1) is 21.5 Å². The minimum absolute atomic E-state index is 0.0716. The molecular weight excluding hydrogens is 399 g/mol. The van der Waals surface area contributed by atoms with Crippen LogP contribution in [0, 0.1) is 5.82 Å². The molecule has 0 radical (unpaired) electrons. The highest BCUT2D eigenvalue weighted by Gasteiger charge is 2.22. The first-order chi connectivity index (χ1) is 13.7. The molecule has 0 unspecified atom stereocenters. The number of benzene rings is 1. The highest BCUT2D eigenvalue weighted by Crippen LogP contribution is 2.23. The van der Waals surface area contributed by atoms with E-state index in [9.17, 15) is 9.18 Å². The Morgan fingerprint density at radius 1 is 1.14 bits per heavy atom. The highest BCUT2D eigenvalue weighted by atomic mass is 32.2. The number of rotatable bonds is 6. The van der Waals surface area contributed by atoms with Gasteiger partial charge in [-0.2, -0.15) is 0 Å². The minimum Gasteiger partial charge on any atom is -0.411 e. The van der Waals surface area contributed by atoms with E-state index in [0.29, 0.717) is 16.7 Å². The Bertz CT molecular complexity index is 906. The van der Waals surface area contributed by atoms with Crippen LogP contribution >= 0.6 is 23.1 Å². The van der Waals surface area contributed by atoms with Gasteiger partial charge in [0.15, 0.2) is 0 Å². The molecule has 6 nitrogen and oxygen atoms in total. The van der Waals surface area contributed by atoms with Crippen LogP contribution in [0.15, 0.2) is 51.4 Å². The van der Waals surface area contributed by atoms with Crippen molar-refractivity contribution in [2.45, 2.75) is 11.8 Å². The summed E-state index contributed by atoms with van der Waals surface area (Å²) in [6.07, 6.45) is 0. The number of carbonyl (C=O) groups excluding carboxylic acids is 1. The summed E-state index contributed by atoms with van der Waals surface area (Å²) < 4.78 is 18.6. The molecule has 0 aliphatic carbocycles. The molecule has 1 aliphatic heterocycles. The van der Waals surface area contributed by atoms with Crippen molar-refractivity contribution in [1.82, 2.24) is 20.0 Å². The van der Waals surface area contributed by atoms with E-state index in [1.807, 2.05) is 4.90 Å². The van der Waals surface area contributed by atoms with Crippen LogP contribution in [0.4, 0.5) is 4.39 Å². The zero-order chi connectivity index (χ0) is 19.3. The van der Waals surface area contributed by atoms with Crippen molar-refractivity contribution in [3.05, 3.63) is 52.5 Å². The molecule has 1 aromatic carbocycles. The maximum Gasteiger partial charge on any atom is 0.277 e. The number of hydrogen-bond acceptors (Lipinski definition) is 7. The molecular formula is C19H19FN4O2S2. The monoisotopic (exact) mass is 418 g/mol. The molecule has 0 N–H and O–H groups in total. The van der Waals surface area contributed by atoms with E-state index >= 15 is 0 Å². The number of piperazine rings is 1. The second kappa shape index (κ2) is 8.85. The Labute approximate surface area is 170 Å². The number of hydrogen-bond donors (Lipinski definition) is 0. The minimum atomic E-state index is -0.320. The molecule has 0 atom stereocenters. The summed E-state index contributed by atoms with van der Waals surface area (Å²) in [5, 5.41) is 10.3. The van der Waals surface area contributed by atoms with Crippen molar-refractivity contribution < 1.29 is 13.6 Å². The predicted octanol–water partition coefficient (Wildman–Crippen LogP) is 3.37. The maximum absolute atomic E-state index is 13.0. The van der Waals surface area contributed by atoms with E-state index in [1.165, 1.54) is 28.8 Å². The summed E-state index contributed by atoms with van der Waals surface area (Å²) in [7, 11) is 0. The van der Waals surface area contributed by atoms with Gasteiger partial charge in [-0.25, -0.2) is 4.39 Å². The number of halogens is 1. The predicted molar refractivity (Wildman–Crippen MR) is 107 cm³/mol. The fourth-order valence-electron chi connectivity index (χ4n) is 2.97. The third-order valence-electron chi connectivity index (χ3n) is 4.50. The van der Waals surface area contributed by atoms with Gasteiger partial charge in [0.05, 0.1) is 5.75 Å². The van der Waals surface area contributed by atoms with Gasteiger partial charge in [0.1, 0.15) is 5.82 Å². The van der Waals surface area contributed by atoms with E-state index < -0.39 is 0 Å². The van der Waals surface area contributed by atoms with Crippen LogP contribution in [-0.2, 0) is 11.3 Å². The van der Waals surface area contributed by atoms with Crippen LogP contribution in [0.3, 0.4) is 0 Å². The number of thioether (sulfide) groups is 1. The Morgan fingerprint density at radius 3 is 2.64 bits per heavy atom. The van der Waals surface area contributed by atoms with Crippen molar-refractivity contribution in [1.29, 1.82) is 0 Å². The summed E-state index contributed by atoms with van der Waals surface area (Å²) in [4.78, 5) is 18.1. The summed E-state index contributed by atoms with van der Waals surface area (Å²) in [6, 6.07) is 10.1. The van der Waals surface area contributed by atoms with Crippen molar-refractivity contribution in [3.8, 4) is 11.5 Å². The van der Waals surface area contributed by atoms with Crippen LogP contribution in [0.25, 0.3) is 11.5 Å². The smallest absolute Gasteiger partial charge is 0.277 e. The Kier molecular flexibility index (Phi) is 6.04. The van der Waals surface area contributed by atoms with Crippen molar-refractivity contribution in [2.24, 2.45) is 0 Å². The number of carbonyl (C=O) groups is 1. The Balaban J connectivity index is 1.24. The molecule has 28 heavy (non-hydrogen) atoms. The molecule has 1 fully saturated rings. The van der Waals surface area contributed by atoms with Crippen molar-refractivity contribution >= 4 is 29.0 Å². The van der Waals surface area contributed by atoms with E-state index in [2.05, 4.69) is 32.6 Å². The van der Waals surface area contributed by atoms with Gasteiger partial charge in [0, 0.05) is 43.2 Å². The molecule has 0 bridgehead atoms. The number of aromatic nitrogens is 2. The average Bonchev–Trinajstić information content (AvgIpc) is 3.39. The van der Waals surface area contributed by atoms with Crippen LogP contribution in [0.2, 0.25) is 0 Å². The zero-order valence-corrected chi connectivity index (χ0v) is 16.7. The molecule has 2 aromatic heterocycles. The van der Waals surface area contributed by atoms with Gasteiger partial charge >= 0.3 is 0 Å². The van der Waals surface area contributed by atoms with Gasteiger partial charge < -0.3 is 9.32 Å². The first-order valence-corrected chi connectivity index (χ1v) is 10.8. The third kappa shape index (κ3) is 4.78. The lowest BCUT2D eigenvalue weighted by atomic mass is 10.2. The summed E-state index contributed by atoms with van der Waals surface area (Å²) in [5.41, 5.74) is 0.647. The molecule has 146 valence electrons. The molecule has 1 amide bonds. The van der Waals surface area contributed by atoms with Gasteiger partial charge in [0.25, 0.3) is 5.22 Å². The maximum atomic E-state index is 13.0. The van der Waals surface area contributed by atoms with E-state index in [-0.39, 0.29) is 17.5 Å². The van der Waals surface area contributed by atoms with E-state index in [4.69, 9.17) is 4.42 Å². The van der Waals surface area contributed by atoms with Crippen molar-refractivity contribution in [2.75, 3.05) is 31.9 Å². The van der Waals surface area contributed by atoms with Crippen LogP contribution in [0.1, 0.15) is 4.88 Å². The summed E-state index contributed by atoms with van der Waals surface area (Å²) in [6.45, 7) is 4.17. The zero-order valence-electron chi connectivity index (χ0n) is 15.1. The van der Waals surface area contributed by atoms with Crippen LogP contribution < -0.4 is 0 Å². The third-order valence-corrected chi connectivity index (χ3v) is 6.17. The first-order valence-electron chi connectivity index (χ1n) is 8.92. The lowest BCUT2D eigenvalue weighted by Gasteiger charge is -2.34. The fraction of sp³-hybridized carbons (Fsp3) is 0.316. The topological polar surface area (TPSA) is 62.5 Å². The largest absolute Gasteiger partial charge is 0.411 e. The van der Waals surface area contributed by atoms with Gasteiger partial charge in [-0.3, -0.25) is 9.69 Å². The lowest BCUT2D eigenvalue weighted by Crippen LogP contribution is -2.48. The lowest BCUT2D eigenvalue weighted by molar-refractivity contribution is -0.130. The van der Waals surface area contributed by atoms with Gasteiger partial charge in [-0.1, -0.05) is 17.8 Å². The number of amides is 1. The van der Waals surface area contributed by atoms with Crippen LogP contribution in [0.5, 0.6) is 0 Å². The quantitative estimate of drug-likeness (QED) is 0.572. The SMILES string of the molecule is O=C(CSc1nnc(-c2ccc(F)cc2)o1)N1CCN(Cc2cccs2)CC1. The Hall–Kier alpha value is -2.23. The normalized spacial score (nSPS) is 15.1. The molecule has 9 heteroatoms. The number of thiophene rings is 1. The molecule has 3 heterocycles. The molecule has 1 saturated heterocycles. The highest BCUT2D eigenvalue weighted by molar-refractivity contribution is 7.99. The van der Waals surface area contributed by atoms with E-state index in [1.54, 1.807) is 23.5 Å². The standard InChI is InChI=1S/C19H19FN4O2S2/c20-15-5-3-14(4-6-15)18-21-22-19(26-18)28-13-17(25)24-9-7-23(8-10-24)12-16-2-1-11-27-16/h1-6,11H,7-10,12-13H2. The molecule has 4 rings (SSSR count). The Morgan fingerprint density at radius 2 is 1.93 bits per heavy atom. The molecule has 3 aromatic rings. The van der Waals surface area contributed by atoms with Crippen molar-refractivity contribution in [3.63, 3.8) is 0 Å². The molecule has 1 aliphatic rings. The molecule has 0 saturated carbocycles. The summed E-state index contributed by atoms with van der Waals surface area (Å²) >= 11 is 2.99. The van der Waals surface area contributed by atoms with Crippen LogP contribution in [-0.4, -0.2) is 57.8 Å². The molecule has 0 spiro atoms. The van der Waals surface area contributed by atoms with Gasteiger partial charge in [-0.05, 0) is 35.7 Å². The summed E-state index contributed by atoms with van der Waals surface area (Å²) in [5.74, 6) is 0.328. The average molecular weight is 419 g/mol. The fourth-order valence-corrected chi connectivity index (χ4v) is 4.38. The first kappa shape index (κ1) is 19.1. The van der Waals surface area contributed by atoms with E-state index in [0.717, 1.165) is 32.7 Å².